The van der Waals surface area contributed by atoms with Crippen molar-refractivity contribution in [2.45, 2.75) is 26.1 Å². The van der Waals surface area contributed by atoms with Gasteiger partial charge in [0.2, 0.25) is 0 Å². The molecule has 0 fully saturated rings. The van der Waals surface area contributed by atoms with E-state index in [0.29, 0.717) is 24.6 Å². The van der Waals surface area contributed by atoms with E-state index in [0.717, 1.165) is 34.9 Å². The summed E-state index contributed by atoms with van der Waals surface area (Å²) in [6.45, 7) is 5.96. The Hall–Kier alpha value is -2.34. The summed E-state index contributed by atoms with van der Waals surface area (Å²) in [6, 6.07) is 16.0. The van der Waals surface area contributed by atoms with Crippen LogP contribution in [0.1, 0.15) is 23.6 Å². The zero-order valence-electron chi connectivity index (χ0n) is 16.3. The molecule has 2 aromatic carbocycles. The third-order valence-electron chi connectivity index (χ3n) is 3.99. The van der Waals surface area contributed by atoms with Crippen molar-refractivity contribution in [3.05, 3.63) is 65.2 Å². The maximum atomic E-state index is 12.2. The Morgan fingerprint density at radius 1 is 1.15 bits per heavy atom. The van der Waals surface area contributed by atoms with Crippen LogP contribution in [0.4, 0.5) is 0 Å². The Balaban J connectivity index is 1.87. The van der Waals surface area contributed by atoms with Gasteiger partial charge in [0.25, 0.3) is 0 Å². The van der Waals surface area contributed by atoms with E-state index in [2.05, 4.69) is 21.7 Å². The minimum absolute atomic E-state index is 0.520. The number of hydrogen-bond acceptors (Lipinski definition) is 3. The molecule has 0 aromatic heterocycles. The molecule has 6 heteroatoms. The van der Waals surface area contributed by atoms with Crippen LogP contribution in [0.25, 0.3) is 0 Å². The average Bonchev–Trinajstić information content (AvgIpc) is 2.67. The Kier molecular flexibility index (Phi) is 8.84. The number of guanidine groups is 1. The molecule has 0 aliphatic heterocycles. The van der Waals surface area contributed by atoms with Crippen molar-refractivity contribution in [3.8, 4) is 5.75 Å². The lowest BCUT2D eigenvalue weighted by molar-refractivity contribution is 0.409. The zero-order valence-corrected chi connectivity index (χ0v) is 17.1. The topological polar surface area (TPSA) is 62.7 Å². The summed E-state index contributed by atoms with van der Waals surface area (Å²) in [6.07, 6.45) is 0. The van der Waals surface area contributed by atoms with Gasteiger partial charge in [0.05, 0.1) is 13.7 Å². The van der Waals surface area contributed by atoms with Crippen molar-refractivity contribution in [2.75, 3.05) is 26.0 Å². The lowest BCUT2D eigenvalue weighted by atomic mass is 10.1. The molecule has 0 aliphatic rings. The van der Waals surface area contributed by atoms with Crippen LogP contribution in [-0.2, 0) is 23.1 Å². The molecular formula is C21H29N3O2S. The molecule has 146 valence electrons. The van der Waals surface area contributed by atoms with Crippen molar-refractivity contribution in [2.24, 2.45) is 4.99 Å². The van der Waals surface area contributed by atoms with E-state index < -0.39 is 10.8 Å². The average molecular weight is 388 g/mol. The highest BCUT2D eigenvalue weighted by molar-refractivity contribution is 7.84. The molecule has 0 saturated heterocycles. The molecule has 0 saturated carbocycles. The highest BCUT2D eigenvalue weighted by Crippen LogP contribution is 2.20. The number of nitrogens with zero attached hydrogens (tertiary/aromatic N) is 1. The van der Waals surface area contributed by atoms with Gasteiger partial charge in [-0.15, -0.1) is 0 Å². The summed E-state index contributed by atoms with van der Waals surface area (Å²) in [5.41, 5.74) is 3.29. The Morgan fingerprint density at radius 3 is 2.63 bits per heavy atom. The summed E-state index contributed by atoms with van der Waals surface area (Å²) in [7, 11) is 0.770. The van der Waals surface area contributed by atoms with Gasteiger partial charge in [-0.25, -0.2) is 4.99 Å². The Bertz CT molecular complexity index is 763. The van der Waals surface area contributed by atoms with E-state index in [9.17, 15) is 4.21 Å². The molecule has 0 aliphatic carbocycles. The van der Waals surface area contributed by atoms with Gasteiger partial charge in [0, 0.05) is 41.0 Å². The van der Waals surface area contributed by atoms with Gasteiger partial charge in [-0.1, -0.05) is 42.5 Å². The zero-order chi connectivity index (χ0) is 19.5. The van der Waals surface area contributed by atoms with Gasteiger partial charge in [-0.2, -0.15) is 0 Å². The molecule has 0 bridgehead atoms. The molecule has 0 spiro atoms. The van der Waals surface area contributed by atoms with Gasteiger partial charge in [-0.05, 0) is 31.0 Å². The first kappa shape index (κ1) is 21.0. The highest BCUT2D eigenvalue weighted by atomic mass is 32.2. The highest BCUT2D eigenvalue weighted by Gasteiger charge is 2.05. The summed E-state index contributed by atoms with van der Waals surface area (Å²) < 4.78 is 17.7. The second-order valence-electron chi connectivity index (χ2n) is 6.21. The molecule has 0 heterocycles. The number of aryl methyl sites for hydroxylation is 1. The molecule has 2 rings (SSSR count). The van der Waals surface area contributed by atoms with Crippen LogP contribution in [0, 0.1) is 6.92 Å². The molecule has 5 nitrogen and oxygen atoms in total. The quantitative estimate of drug-likeness (QED) is 0.513. The first-order valence-corrected chi connectivity index (χ1v) is 10.7. The van der Waals surface area contributed by atoms with Crippen molar-refractivity contribution in [1.82, 2.24) is 10.6 Å². The largest absolute Gasteiger partial charge is 0.496 e. The van der Waals surface area contributed by atoms with Gasteiger partial charge >= 0.3 is 0 Å². The number of ether oxygens (including phenoxy) is 1. The molecular weight excluding hydrogens is 358 g/mol. The van der Waals surface area contributed by atoms with E-state index >= 15 is 0 Å². The third kappa shape index (κ3) is 7.43. The molecule has 27 heavy (non-hydrogen) atoms. The van der Waals surface area contributed by atoms with Crippen molar-refractivity contribution < 1.29 is 8.95 Å². The maximum absolute atomic E-state index is 12.2. The fraction of sp³-hybridized carbons (Fsp3) is 0.381. The molecule has 1 unspecified atom stereocenters. The normalized spacial score (nSPS) is 12.5. The number of aliphatic imine (C=N–C) groups is 1. The van der Waals surface area contributed by atoms with Gasteiger partial charge in [0.1, 0.15) is 5.75 Å². The number of benzene rings is 2. The maximum Gasteiger partial charge on any atom is 0.191 e. The van der Waals surface area contributed by atoms with Crippen molar-refractivity contribution in [1.29, 1.82) is 0 Å². The summed E-state index contributed by atoms with van der Waals surface area (Å²) >= 11 is 0. The first-order valence-electron chi connectivity index (χ1n) is 9.17. The number of hydrogen-bond donors (Lipinski definition) is 2. The van der Waals surface area contributed by atoms with Crippen LogP contribution in [0.3, 0.4) is 0 Å². The van der Waals surface area contributed by atoms with Gasteiger partial charge in [-0.3, -0.25) is 4.21 Å². The van der Waals surface area contributed by atoms with Gasteiger partial charge < -0.3 is 15.4 Å². The smallest absolute Gasteiger partial charge is 0.191 e. The number of rotatable bonds is 9. The van der Waals surface area contributed by atoms with Crippen LogP contribution in [0.5, 0.6) is 5.75 Å². The predicted molar refractivity (Wildman–Crippen MR) is 114 cm³/mol. The van der Waals surface area contributed by atoms with E-state index in [1.165, 1.54) is 0 Å². The first-order chi connectivity index (χ1) is 13.1. The van der Waals surface area contributed by atoms with Crippen LogP contribution in [0.15, 0.2) is 53.5 Å². The SMILES string of the molecule is CCNC(=NCc1ccc(C)cc1OC)NCCS(=O)Cc1ccccc1. The summed E-state index contributed by atoms with van der Waals surface area (Å²) in [5, 5.41) is 6.49. The van der Waals surface area contributed by atoms with Crippen molar-refractivity contribution in [3.63, 3.8) is 0 Å². The predicted octanol–water partition coefficient (Wildman–Crippen LogP) is 3.01. The van der Waals surface area contributed by atoms with Gasteiger partial charge in [0.15, 0.2) is 5.96 Å². The fourth-order valence-corrected chi connectivity index (χ4v) is 3.64. The standard InChI is InChI=1S/C21H29N3O2S/c1-4-22-21(24-15-19-11-10-17(2)14-20(19)26-3)23-12-13-27(25)16-18-8-6-5-7-9-18/h5-11,14H,4,12-13,15-16H2,1-3H3,(H2,22,23,24). The van der Waals surface area contributed by atoms with E-state index in [4.69, 9.17) is 4.74 Å². The number of nitrogens with one attached hydrogen (secondary N) is 2. The molecule has 0 radical (unpaired) electrons. The second-order valence-corrected chi connectivity index (χ2v) is 7.79. The summed E-state index contributed by atoms with van der Waals surface area (Å²) in [5.74, 6) is 2.72. The van der Waals surface area contributed by atoms with E-state index in [-0.39, 0.29) is 0 Å². The lowest BCUT2D eigenvalue weighted by Gasteiger charge is -2.12. The lowest BCUT2D eigenvalue weighted by Crippen LogP contribution is -2.39. The van der Waals surface area contributed by atoms with Crippen LogP contribution in [-0.4, -0.2) is 36.1 Å². The Morgan fingerprint density at radius 2 is 1.93 bits per heavy atom. The molecule has 2 aromatic rings. The number of methoxy groups -OCH3 is 1. The minimum atomic E-state index is -0.904. The second kappa shape index (κ2) is 11.4. The van der Waals surface area contributed by atoms with Crippen molar-refractivity contribution >= 4 is 16.8 Å². The molecule has 0 amide bonds. The van der Waals surface area contributed by atoms with Crippen LogP contribution in [0.2, 0.25) is 0 Å². The van der Waals surface area contributed by atoms with E-state index in [1.54, 1.807) is 7.11 Å². The summed E-state index contributed by atoms with van der Waals surface area (Å²) in [4.78, 5) is 4.62. The van der Waals surface area contributed by atoms with E-state index in [1.807, 2.05) is 56.3 Å². The third-order valence-corrected chi connectivity index (χ3v) is 5.30. The monoisotopic (exact) mass is 387 g/mol. The van der Waals surface area contributed by atoms with Crippen LogP contribution < -0.4 is 15.4 Å². The minimum Gasteiger partial charge on any atom is -0.496 e. The molecule has 2 N–H and O–H groups in total. The Labute approximate surface area is 164 Å². The molecule has 1 atom stereocenters. The fourth-order valence-electron chi connectivity index (χ4n) is 2.60. The van der Waals surface area contributed by atoms with Crippen LogP contribution >= 0.6 is 0 Å².